The molecule has 1 unspecified atom stereocenters. The van der Waals surface area contributed by atoms with Crippen molar-refractivity contribution < 1.29 is 9.53 Å². The van der Waals surface area contributed by atoms with Gasteiger partial charge in [0.1, 0.15) is 5.75 Å². The molecule has 1 fully saturated rings. The van der Waals surface area contributed by atoms with Crippen molar-refractivity contribution in [3.05, 3.63) is 45.9 Å². The van der Waals surface area contributed by atoms with Crippen LogP contribution in [0.4, 0.5) is 0 Å². The van der Waals surface area contributed by atoms with Crippen LogP contribution < -0.4 is 4.74 Å². The van der Waals surface area contributed by atoms with Crippen LogP contribution in [0.15, 0.2) is 29.6 Å². The number of methoxy groups -OCH3 is 1. The zero-order chi connectivity index (χ0) is 16.9. The van der Waals surface area contributed by atoms with Gasteiger partial charge in [0.2, 0.25) is 5.91 Å². The first-order valence-corrected chi connectivity index (χ1v) is 9.40. The molecule has 0 radical (unpaired) electrons. The van der Waals surface area contributed by atoms with Crippen LogP contribution in [-0.2, 0) is 11.2 Å². The highest BCUT2D eigenvalue weighted by Crippen LogP contribution is 2.31. The van der Waals surface area contributed by atoms with E-state index in [2.05, 4.69) is 22.0 Å². The second-order valence-corrected chi connectivity index (χ2v) is 7.32. The largest absolute Gasteiger partial charge is 0.497 e. The van der Waals surface area contributed by atoms with E-state index in [9.17, 15) is 4.79 Å². The van der Waals surface area contributed by atoms with E-state index in [1.165, 1.54) is 12.0 Å². The van der Waals surface area contributed by atoms with Crippen LogP contribution >= 0.6 is 11.3 Å². The fourth-order valence-corrected chi connectivity index (χ4v) is 3.94. The molecule has 1 aromatic carbocycles. The van der Waals surface area contributed by atoms with Crippen LogP contribution in [0.2, 0.25) is 0 Å². The third-order valence-corrected chi connectivity index (χ3v) is 5.39. The van der Waals surface area contributed by atoms with Crippen molar-refractivity contribution >= 4 is 17.2 Å². The molecule has 1 atom stereocenters. The molecule has 0 bridgehead atoms. The molecule has 4 nitrogen and oxygen atoms in total. The molecule has 128 valence electrons. The number of hydrogen-bond acceptors (Lipinski definition) is 4. The standard InChI is InChI=1S/C19H24N2O2S/c1-14-20-16(13-24-14)12-19(22)21-11-5-3-4-6-18(21)15-7-9-17(23-2)10-8-15/h7-10,13,18H,3-6,11-12H2,1-2H3. The van der Waals surface area contributed by atoms with E-state index in [4.69, 9.17) is 4.74 Å². The summed E-state index contributed by atoms with van der Waals surface area (Å²) in [5.74, 6) is 1.03. The quantitative estimate of drug-likeness (QED) is 0.837. The molecular formula is C19H24N2O2S. The third-order valence-electron chi connectivity index (χ3n) is 4.57. The Balaban J connectivity index is 1.79. The van der Waals surface area contributed by atoms with Crippen molar-refractivity contribution in [2.45, 2.75) is 45.1 Å². The van der Waals surface area contributed by atoms with E-state index in [-0.39, 0.29) is 11.9 Å². The van der Waals surface area contributed by atoms with Gasteiger partial charge in [0.05, 0.1) is 30.3 Å². The predicted octanol–water partition coefficient (Wildman–Crippen LogP) is 4.15. The van der Waals surface area contributed by atoms with Crippen molar-refractivity contribution in [1.82, 2.24) is 9.88 Å². The molecular weight excluding hydrogens is 320 g/mol. The van der Waals surface area contributed by atoms with Gasteiger partial charge in [0.25, 0.3) is 0 Å². The Morgan fingerprint density at radius 3 is 2.75 bits per heavy atom. The lowest BCUT2D eigenvalue weighted by molar-refractivity contribution is -0.133. The van der Waals surface area contributed by atoms with E-state index in [0.717, 1.165) is 42.3 Å². The minimum absolute atomic E-state index is 0.158. The number of nitrogens with zero attached hydrogens (tertiary/aromatic N) is 2. The summed E-state index contributed by atoms with van der Waals surface area (Å²) >= 11 is 1.60. The summed E-state index contributed by atoms with van der Waals surface area (Å²) in [6, 6.07) is 8.29. The average molecular weight is 344 g/mol. The SMILES string of the molecule is COc1ccc(C2CCCCCN2C(=O)Cc2csc(C)n2)cc1. The molecule has 1 aliphatic rings. The van der Waals surface area contributed by atoms with E-state index in [1.807, 2.05) is 24.4 Å². The van der Waals surface area contributed by atoms with Crippen LogP contribution in [0.3, 0.4) is 0 Å². The summed E-state index contributed by atoms with van der Waals surface area (Å²) in [5, 5.41) is 3.01. The summed E-state index contributed by atoms with van der Waals surface area (Å²) in [5.41, 5.74) is 2.08. The summed E-state index contributed by atoms with van der Waals surface area (Å²) < 4.78 is 5.25. The Labute approximate surface area is 147 Å². The Morgan fingerprint density at radius 1 is 1.29 bits per heavy atom. The maximum Gasteiger partial charge on any atom is 0.229 e. The molecule has 3 rings (SSSR count). The van der Waals surface area contributed by atoms with Crippen molar-refractivity contribution in [2.75, 3.05) is 13.7 Å². The van der Waals surface area contributed by atoms with Gasteiger partial charge in [-0.3, -0.25) is 4.79 Å². The van der Waals surface area contributed by atoms with E-state index in [0.29, 0.717) is 6.42 Å². The second kappa shape index (κ2) is 7.79. The first-order chi connectivity index (χ1) is 11.7. The average Bonchev–Trinajstić information content (AvgIpc) is 2.86. The molecule has 1 aliphatic heterocycles. The van der Waals surface area contributed by atoms with Gasteiger partial charge in [0.15, 0.2) is 0 Å². The first kappa shape index (κ1) is 17.0. The number of carbonyl (C=O) groups is 1. The van der Waals surface area contributed by atoms with Gasteiger partial charge >= 0.3 is 0 Å². The lowest BCUT2D eigenvalue weighted by atomic mass is 10.00. The number of thiazole rings is 1. The first-order valence-electron chi connectivity index (χ1n) is 8.52. The van der Waals surface area contributed by atoms with E-state index >= 15 is 0 Å². The number of aromatic nitrogens is 1. The third kappa shape index (κ3) is 3.96. The summed E-state index contributed by atoms with van der Waals surface area (Å²) in [6.45, 7) is 2.81. The number of likely N-dealkylation sites (tertiary alicyclic amines) is 1. The molecule has 1 aromatic heterocycles. The van der Waals surface area contributed by atoms with Gasteiger partial charge in [-0.2, -0.15) is 0 Å². The number of aryl methyl sites for hydroxylation is 1. The number of ether oxygens (including phenoxy) is 1. The predicted molar refractivity (Wildman–Crippen MR) is 96.5 cm³/mol. The Morgan fingerprint density at radius 2 is 2.08 bits per heavy atom. The number of hydrogen-bond donors (Lipinski definition) is 0. The molecule has 24 heavy (non-hydrogen) atoms. The molecule has 5 heteroatoms. The van der Waals surface area contributed by atoms with Crippen molar-refractivity contribution in [3.63, 3.8) is 0 Å². The number of amides is 1. The molecule has 0 aliphatic carbocycles. The van der Waals surface area contributed by atoms with Gasteiger partial charge < -0.3 is 9.64 Å². The summed E-state index contributed by atoms with van der Waals surface area (Å²) in [7, 11) is 1.67. The Hall–Kier alpha value is -1.88. The van der Waals surface area contributed by atoms with Crippen LogP contribution in [-0.4, -0.2) is 29.4 Å². The minimum Gasteiger partial charge on any atom is -0.497 e. The van der Waals surface area contributed by atoms with Crippen molar-refractivity contribution in [3.8, 4) is 5.75 Å². The Bertz CT molecular complexity index is 681. The van der Waals surface area contributed by atoms with Gasteiger partial charge in [-0.15, -0.1) is 11.3 Å². The number of rotatable bonds is 4. The fraction of sp³-hybridized carbons (Fsp3) is 0.474. The lowest BCUT2D eigenvalue weighted by Crippen LogP contribution is -2.36. The van der Waals surface area contributed by atoms with E-state index in [1.54, 1.807) is 18.4 Å². The highest BCUT2D eigenvalue weighted by atomic mass is 32.1. The molecule has 0 spiro atoms. The van der Waals surface area contributed by atoms with Crippen molar-refractivity contribution in [1.29, 1.82) is 0 Å². The maximum absolute atomic E-state index is 12.9. The minimum atomic E-state index is 0.158. The topological polar surface area (TPSA) is 42.4 Å². The number of carbonyl (C=O) groups excluding carboxylic acids is 1. The van der Waals surface area contributed by atoms with E-state index < -0.39 is 0 Å². The summed E-state index contributed by atoms with van der Waals surface area (Å²) in [4.78, 5) is 19.4. The summed E-state index contributed by atoms with van der Waals surface area (Å²) in [6.07, 6.45) is 4.85. The van der Waals surface area contributed by atoms with Crippen LogP contribution in [0.5, 0.6) is 5.75 Å². The zero-order valence-electron chi connectivity index (χ0n) is 14.3. The smallest absolute Gasteiger partial charge is 0.229 e. The molecule has 2 aromatic rings. The maximum atomic E-state index is 12.9. The molecule has 0 N–H and O–H groups in total. The van der Waals surface area contributed by atoms with Crippen LogP contribution in [0.25, 0.3) is 0 Å². The normalized spacial score (nSPS) is 18.2. The lowest BCUT2D eigenvalue weighted by Gasteiger charge is -2.30. The monoisotopic (exact) mass is 344 g/mol. The highest BCUT2D eigenvalue weighted by Gasteiger charge is 2.27. The van der Waals surface area contributed by atoms with Gasteiger partial charge in [-0.1, -0.05) is 25.0 Å². The van der Waals surface area contributed by atoms with Crippen LogP contribution in [0, 0.1) is 6.92 Å². The van der Waals surface area contributed by atoms with Gasteiger partial charge in [0, 0.05) is 11.9 Å². The molecule has 1 saturated heterocycles. The van der Waals surface area contributed by atoms with Gasteiger partial charge in [-0.25, -0.2) is 4.98 Å². The highest BCUT2D eigenvalue weighted by molar-refractivity contribution is 7.09. The van der Waals surface area contributed by atoms with Gasteiger partial charge in [-0.05, 0) is 37.5 Å². The molecule has 0 saturated carbocycles. The Kier molecular flexibility index (Phi) is 5.51. The zero-order valence-corrected chi connectivity index (χ0v) is 15.1. The van der Waals surface area contributed by atoms with Crippen molar-refractivity contribution in [2.24, 2.45) is 0 Å². The fourth-order valence-electron chi connectivity index (χ4n) is 3.33. The van der Waals surface area contributed by atoms with Crippen LogP contribution in [0.1, 0.15) is 48.0 Å². The molecule has 1 amide bonds. The second-order valence-electron chi connectivity index (χ2n) is 6.26. The molecule has 2 heterocycles. The number of benzene rings is 1.